The molecule has 1 rings (SSSR count). The van der Waals surface area contributed by atoms with Gasteiger partial charge in [-0.05, 0) is 30.2 Å². The Morgan fingerprint density at radius 2 is 2.07 bits per heavy atom. The average molecular weight is 280 g/mol. The van der Waals surface area contributed by atoms with E-state index in [9.17, 15) is 8.42 Å². The molecule has 0 atom stereocenters. The van der Waals surface area contributed by atoms with E-state index in [4.69, 9.17) is 5.14 Å². The predicted octanol–water partition coefficient (Wildman–Crippen LogP) is 1.48. The molecule has 0 aliphatic carbocycles. The summed E-state index contributed by atoms with van der Waals surface area (Å²) < 4.78 is 26.4. The highest BCUT2D eigenvalue weighted by molar-refractivity contribution is 9.10. The first-order valence-corrected chi connectivity index (χ1v) is 6.06. The third-order valence-corrected chi connectivity index (χ3v) is 2.40. The maximum Gasteiger partial charge on any atom is 0.333 e. The van der Waals surface area contributed by atoms with Crippen molar-refractivity contribution in [3.63, 3.8) is 0 Å². The third-order valence-electron chi connectivity index (χ3n) is 1.49. The van der Waals surface area contributed by atoms with Crippen molar-refractivity contribution in [2.45, 2.75) is 13.5 Å². The second kappa shape index (κ2) is 4.39. The van der Waals surface area contributed by atoms with E-state index in [1.165, 1.54) is 0 Å². The normalized spacial score (nSPS) is 11.6. The lowest BCUT2D eigenvalue weighted by Gasteiger charge is -2.03. The van der Waals surface area contributed by atoms with Crippen LogP contribution in [0.15, 0.2) is 22.7 Å². The van der Waals surface area contributed by atoms with Gasteiger partial charge < -0.3 is 0 Å². The van der Waals surface area contributed by atoms with Gasteiger partial charge in [-0.15, -0.1) is 0 Å². The molecule has 0 fully saturated rings. The zero-order valence-corrected chi connectivity index (χ0v) is 9.93. The Labute approximate surface area is 91.5 Å². The monoisotopic (exact) mass is 279 g/mol. The molecule has 0 spiro atoms. The van der Waals surface area contributed by atoms with Crippen LogP contribution in [-0.4, -0.2) is 8.42 Å². The quantitative estimate of drug-likeness (QED) is 0.911. The van der Waals surface area contributed by atoms with E-state index < -0.39 is 10.3 Å². The number of hydrogen-bond acceptors (Lipinski definition) is 3. The van der Waals surface area contributed by atoms with Crippen molar-refractivity contribution in [2.24, 2.45) is 5.14 Å². The lowest BCUT2D eigenvalue weighted by atomic mass is 10.1. The molecule has 0 aromatic heterocycles. The molecular weight excluding hydrogens is 270 g/mol. The number of rotatable bonds is 3. The summed E-state index contributed by atoms with van der Waals surface area (Å²) in [6.45, 7) is 1.87. The highest BCUT2D eigenvalue weighted by atomic mass is 79.9. The summed E-state index contributed by atoms with van der Waals surface area (Å²) in [7, 11) is -3.86. The first-order valence-electron chi connectivity index (χ1n) is 3.80. The summed E-state index contributed by atoms with van der Waals surface area (Å²) >= 11 is 3.30. The number of halogens is 1. The fourth-order valence-electron chi connectivity index (χ4n) is 1.05. The Kier molecular flexibility index (Phi) is 3.65. The average Bonchev–Trinajstić information content (AvgIpc) is 1.97. The van der Waals surface area contributed by atoms with Crippen LogP contribution < -0.4 is 5.14 Å². The van der Waals surface area contributed by atoms with Crippen LogP contribution in [0.5, 0.6) is 0 Å². The highest BCUT2D eigenvalue weighted by Gasteiger charge is 2.03. The van der Waals surface area contributed by atoms with Crippen molar-refractivity contribution in [2.75, 3.05) is 0 Å². The largest absolute Gasteiger partial charge is 0.333 e. The molecule has 4 nitrogen and oxygen atoms in total. The van der Waals surface area contributed by atoms with Gasteiger partial charge in [0.15, 0.2) is 0 Å². The molecule has 0 saturated heterocycles. The highest BCUT2D eigenvalue weighted by Crippen LogP contribution is 2.16. The van der Waals surface area contributed by atoms with Crippen LogP contribution in [0.3, 0.4) is 0 Å². The maximum absolute atomic E-state index is 10.5. The molecule has 0 radical (unpaired) electrons. The van der Waals surface area contributed by atoms with Gasteiger partial charge in [0, 0.05) is 4.47 Å². The zero-order valence-electron chi connectivity index (χ0n) is 7.53. The van der Waals surface area contributed by atoms with Gasteiger partial charge in [0.05, 0.1) is 6.61 Å². The lowest BCUT2D eigenvalue weighted by molar-refractivity contribution is 0.308. The lowest BCUT2D eigenvalue weighted by Crippen LogP contribution is -2.15. The first-order chi connectivity index (χ1) is 6.37. The Morgan fingerprint density at radius 1 is 1.43 bits per heavy atom. The second-order valence-electron chi connectivity index (χ2n) is 2.89. The van der Waals surface area contributed by atoms with Crippen LogP contribution >= 0.6 is 15.9 Å². The van der Waals surface area contributed by atoms with Gasteiger partial charge in [0.25, 0.3) is 0 Å². The molecule has 0 amide bonds. The van der Waals surface area contributed by atoms with Gasteiger partial charge in [0.2, 0.25) is 0 Å². The van der Waals surface area contributed by atoms with Gasteiger partial charge in [-0.25, -0.2) is 5.14 Å². The summed E-state index contributed by atoms with van der Waals surface area (Å²) in [6.07, 6.45) is 0. The molecule has 1 aromatic carbocycles. The van der Waals surface area contributed by atoms with Crippen molar-refractivity contribution < 1.29 is 12.6 Å². The van der Waals surface area contributed by atoms with E-state index in [0.717, 1.165) is 15.6 Å². The molecule has 78 valence electrons. The minimum Gasteiger partial charge on any atom is -0.253 e. The zero-order chi connectivity index (χ0) is 10.8. The van der Waals surface area contributed by atoms with Gasteiger partial charge in [-0.3, -0.25) is 4.18 Å². The number of aryl methyl sites for hydroxylation is 1. The van der Waals surface area contributed by atoms with Crippen molar-refractivity contribution in [3.05, 3.63) is 33.8 Å². The standard InChI is InChI=1S/C8H10BrNO3S/c1-6-2-7(4-8(9)3-6)5-13-14(10,11)12/h2-4H,5H2,1H3,(H2,10,11,12). The summed E-state index contributed by atoms with van der Waals surface area (Å²) in [5, 5.41) is 4.70. The molecule has 14 heavy (non-hydrogen) atoms. The van der Waals surface area contributed by atoms with Crippen LogP contribution in [0.25, 0.3) is 0 Å². The van der Waals surface area contributed by atoms with Crippen molar-refractivity contribution in [1.82, 2.24) is 0 Å². The van der Waals surface area contributed by atoms with E-state index in [1.807, 2.05) is 19.1 Å². The summed E-state index contributed by atoms with van der Waals surface area (Å²) in [6, 6.07) is 5.52. The summed E-state index contributed by atoms with van der Waals surface area (Å²) in [4.78, 5) is 0. The van der Waals surface area contributed by atoms with Crippen LogP contribution in [-0.2, 0) is 21.1 Å². The molecule has 0 aliphatic rings. The van der Waals surface area contributed by atoms with Crippen LogP contribution in [0.1, 0.15) is 11.1 Å². The van der Waals surface area contributed by atoms with Crippen LogP contribution in [0.4, 0.5) is 0 Å². The molecule has 6 heteroatoms. The topological polar surface area (TPSA) is 69.4 Å². The number of hydrogen-bond donors (Lipinski definition) is 1. The van der Waals surface area contributed by atoms with Gasteiger partial charge >= 0.3 is 10.3 Å². The molecule has 0 heterocycles. The SMILES string of the molecule is Cc1cc(Br)cc(COS(N)(=O)=O)c1. The first kappa shape index (κ1) is 11.6. The predicted molar refractivity (Wildman–Crippen MR) is 56.8 cm³/mol. The fraction of sp³-hybridized carbons (Fsp3) is 0.250. The maximum atomic E-state index is 10.5. The summed E-state index contributed by atoms with van der Waals surface area (Å²) in [5.41, 5.74) is 1.78. The molecular formula is C8H10BrNO3S. The number of nitrogens with two attached hydrogens (primary N) is 1. The molecule has 0 bridgehead atoms. The van der Waals surface area contributed by atoms with Crippen molar-refractivity contribution in [1.29, 1.82) is 0 Å². The van der Waals surface area contributed by atoms with Crippen molar-refractivity contribution >= 4 is 26.2 Å². The number of benzene rings is 1. The van der Waals surface area contributed by atoms with Crippen LogP contribution in [0, 0.1) is 6.92 Å². The van der Waals surface area contributed by atoms with E-state index in [1.54, 1.807) is 6.07 Å². The molecule has 0 saturated carbocycles. The Morgan fingerprint density at radius 3 is 2.57 bits per heavy atom. The van der Waals surface area contributed by atoms with Crippen molar-refractivity contribution in [3.8, 4) is 0 Å². The minimum atomic E-state index is -3.86. The summed E-state index contributed by atoms with van der Waals surface area (Å²) in [5.74, 6) is 0. The van der Waals surface area contributed by atoms with E-state index in [2.05, 4.69) is 20.1 Å². The van der Waals surface area contributed by atoms with Gasteiger partial charge in [-0.2, -0.15) is 8.42 Å². The molecule has 0 aliphatic heterocycles. The fourth-order valence-corrected chi connectivity index (χ4v) is 2.00. The third kappa shape index (κ3) is 4.19. The minimum absolute atomic E-state index is 0.0425. The van der Waals surface area contributed by atoms with E-state index >= 15 is 0 Å². The Balaban J connectivity index is 2.78. The van der Waals surface area contributed by atoms with Gasteiger partial charge in [0.1, 0.15) is 0 Å². The Bertz CT molecular complexity index is 410. The molecule has 1 aromatic rings. The van der Waals surface area contributed by atoms with E-state index in [0.29, 0.717) is 0 Å². The van der Waals surface area contributed by atoms with Crippen LogP contribution in [0.2, 0.25) is 0 Å². The molecule has 0 unspecified atom stereocenters. The molecule has 2 N–H and O–H groups in total. The van der Waals surface area contributed by atoms with E-state index in [-0.39, 0.29) is 6.61 Å². The smallest absolute Gasteiger partial charge is 0.253 e. The Hall–Kier alpha value is -0.430. The van der Waals surface area contributed by atoms with Gasteiger partial charge in [-0.1, -0.05) is 22.0 Å². The second-order valence-corrected chi connectivity index (χ2v) is 5.03.